The molecule has 10 aromatic carbocycles. The fraction of sp³-hybridized carbons (Fsp3) is 0.0169. The van der Waals surface area contributed by atoms with Crippen LogP contribution >= 0.6 is 0 Å². The van der Waals surface area contributed by atoms with Crippen molar-refractivity contribution in [3.05, 3.63) is 253 Å². The number of fused-ring (bicyclic) bond motifs is 14. The van der Waals surface area contributed by atoms with Crippen molar-refractivity contribution in [1.29, 1.82) is 0 Å². The summed E-state index contributed by atoms with van der Waals surface area (Å²) in [7, 11) is 0. The molecule has 1 spiro atoms. The van der Waals surface area contributed by atoms with Crippen LogP contribution < -0.4 is 4.90 Å². The normalized spacial score (nSPS) is 13.0. The van der Waals surface area contributed by atoms with E-state index in [1.54, 1.807) is 0 Å². The van der Waals surface area contributed by atoms with Crippen molar-refractivity contribution in [1.82, 2.24) is 4.57 Å². The molecule has 0 aliphatic heterocycles. The Hall–Kier alpha value is -7.94. The second kappa shape index (κ2) is 13.0. The highest BCUT2D eigenvalue weighted by Crippen LogP contribution is 2.63. The maximum atomic E-state index is 2.50. The highest BCUT2D eigenvalue weighted by Gasteiger charge is 2.51. The molecule has 0 N–H and O–H groups in total. The number of benzene rings is 10. The predicted molar refractivity (Wildman–Crippen MR) is 255 cm³/mol. The van der Waals surface area contributed by atoms with Gasteiger partial charge in [-0.2, -0.15) is 0 Å². The first-order chi connectivity index (χ1) is 30.3. The van der Waals surface area contributed by atoms with Gasteiger partial charge in [-0.3, -0.25) is 0 Å². The molecule has 2 aliphatic carbocycles. The molecular weight excluding hydrogens is 737 g/mol. The van der Waals surface area contributed by atoms with Gasteiger partial charge < -0.3 is 9.47 Å². The monoisotopic (exact) mass is 774 g/mol. The molecular formula is C59H38N2. The van der Waals surface area contributed by atoms with Crippen LogP contribution in [0.1, 0.15) is 22.3 Å². The highest BCUT2D eigenvalue weighted by molar-refractivity contribution is 6.15. The van der Waals surface area contributed by atoms with Gasteiger partial charge in [-0.15, -0.1) is 0 Å². The fourth-order valence-corrected chi connectivity index (χ4v) is 10.9. The minimum atomic E-state index is -0.452. The summed E-state index contributed by atoms with van der Waals surface area (Å²) in [5.41, 5.74) is 19.3. The summed E-state index contributed by atoms with van der Waals surface area (Å²) in [6.45, 7) is 0. The molecule has 0 unspecified atom stereocenters. The smallest absolute Gasteiger partial charge is 0.0726 e. The molecule has 0 bridgehead atoms. The van der Waals surface area contributed by atoms with Gasteiger partial charge in [0.25, 0.3) is 0 Å². The average molecular weight is 775 g/mol. The molecule has 61 heavy (non-hydrogen) atoms. The first-order valence-corrected chi connectivity index (χ1v) is 21.2. The summed E-state index contributed by atoms with van der Waals surface area (Å²) >= 11 is 0. The maximum Gasteiger partial charge on any atom is 0.0726 e. The van der Waals surface area contributed by atoms with E-state index in [1.165, 1.54) is 88.2 Å². The van der Waals surface area contributed by atoms with Gasteiger partial charge in [-0.05, 0) is 115 Å². The van der Waals surface area contributed by atoms with Gasteiger partial charge >= 0.3 is 0 Å². The van der Waals surface area contributed by atoms with Crippen LogP contribution in [0.4, 0.5) is 17.1 Å². The number of para-hydroxylation sites is 2. The minimum Gasteiger partial charge on any atom is -0.310 e. The number of rotatable bonds is 5. The van der Waals surface area contributed by atoms with Crippen LogP contribution in [0.15, 0.2) is 231 Å². The van der Waals surface area contributed by atoms with Crippen molar-refractivity contribution in [2.24, 2.45) is 0 Å². The zero-order valence-electron chi connectivity index (χ0n) is 33.3. The van der Waals surface area contributed by atoms with E-state index in [0.717, 1.165) is 22.7 Å². The quantitative estimate of drug-likeness (QED) is 0.169. The van der Waals surface area contributed by atoms with Crippen LogP contribution in [0.2, 0.25) is 0 Å². The number of hydrogen-bond donors (Lipinski definition) is 0. The summed E-state index contributed by atoms with van der Waals surface area (Å²) in [6.07, 6.45) is 0. The van der Waals surface area contributed by atoms with Crippen LogP contribution in [0.25, 0.3) is 71.6 Å². The van der Waals surface area contributed by atoms with Crippen molar-refractivity contribution < 1.29 is 0 Å². The van der Waals surface area contributed by atoms with Crippen molar-refractivity contribution >= 4 is 49.6 Å². The van der Waals surface area contributed by atoms with Gasteiger partial charge in [-0.1, -0.05) is 176 Å². The molecule has 0 fully saturated rings. The molecule has 0 atom stereocenters. The van der Waals surface area contributed by atoms with Crippen LogP contribution in [0, 0.1) is 0 Å². The number of aromatic nitrogens is 1. The van der Waals surface area contributed by atoms with E-state index in [2.05, 4.69) is 240 Å². The Kier molecular flexibility index (Phi) is 7.26. The SMILES string of the molecule is c1ccc(-c2cc(N(c3ccc4c(c3)C3(c5ccccc5-c5ccccc53)c3ccccc3-4)c3ccc4ccccc4c3)cc3c4ccccc4n(-c4ccccc4)c23)cc1. The summed E-state index contributed by atoms with van der Waals surface area (Å²) in [4.78, 5) is 2.50. The Bertz CT molecular complexity index is 3480. The van der Waals surface area contributed by atoms with Gasteiger partial charge in [0.1, 0.15) is 0 Å². The third kappa shape index (κ3) is 4.79. The van der Waals surface area contributed by atoms with E-state index < -0.39 is 5.41 Å². The van der Waals surface area contributed by atoms with Gasteiger partial charge in [0.15, 0.2) is 0 Å². The molecule has 0 saturated heterocycles. The molecule has 2 aliphatic rings. The lowest BCUT2D eigenvalue weighted by molar-refractivity contribution is 0.793. The second-order valence-electron chi connectivity index (χ2n) is 16.4. The largest absolute Gasteiger partial charge is 0.310 e. The van der Waals surface area contributed by atoms with E-state index in [1.807, 2.05) is 0 Å². The van der Waals surface area contributed by atoms with Gasteiger partial charge in [0.05, 0.1) is 16.4 Å². The minimum absolute atomic E-state index is 0.452. The summed E-state index contributed by atoms with van der Waals surface area (Å²) in [5.74, 6) is 0. The van der Waals surface area contributed by atoms with Crippen LogP contribution in [0.3, 0.4) is 0 Å². The molecule has 0 amide bonds. The Morgan fingerprint density at radius 2 is 0.869 bits per heavy atom. The molecule has 2 heteroatoms. The number of hydrogen-bond acceptors (Lipinski definition) is 1. The average Bonchev–Trinajstić information content (AvgIpc) is 3.94. The molecule has 11 aromatic rings. The van der Waals surface area contributed by atoms with Crippen molar-refractivity contribution in [3.8, 4) is 39.1 Å². The van der Waals surface area contributed by atoms with Crippen LogP contribution in [-0.4, -0.2) is 4.57 Å². The second-order valence-corrected chi connectivity index (χ2v) is 16.4. The summed E-state index contributed by atoms with van der Waals surface area (Å²) in [5, 5.41) is 4.87. The first kappa shape index (κ1) is 34.0. The third-order valence-electron chi connectivity index (χ3n) is 13.3. The Morgan fingerprint density at radius 1 is 0.328 bits per heavy atom. The summed E-state index contributed by atoms with van der Waals surface area (Å²) < 4.78 is 2.45. The topological polar surface area (TPSA) is 8.17 Å². The molecule has 2 nitrogen and oxygen atoms in total. The Balaban J connectivity index is 1.13. The van der Waals surface area contributed by atoms with Crippen molar-refractivity contribution in [2.45, 2.75) is 5.41 Å². The van der Waals surface area contributed by atoms with E-state index in [-0.39, 0.29) is 0 Å². The lowest BCUT2D eigenvalue weighted by atomic mass is 9.70. The summed E-state index contributed by atoms with van der Waals surface area (Å²) in [6, 6.07) is 85.4. The van der Waals surface area contributed by atoms with E-state index in [0.29, 0.717) is 0 Å². The van der Waals surface area contributed by atoms with Crippen LogP contribution in [0.5, 0.6) is 0 Å². The van der Waals surface area contributed by atoms with Gasteiger partial charge in [0, 0.05) is 39.1 Å². The Morgan fingerprint density at radius 3 is 1.57 bits per heavy atom. The molecule has 284 valence electrons. The lowest BCUT2D eigenvalue weighted by Gasteiger charge is -2.32. The van der Waals surface area contributed by atoms with Crippen molar-refractivity contribution in [3.63, 3.8) is 0 Å². The molecule has 13 rings (SSSR count). The Labute approximate surface area is 354 Å². The first-order valence-electron chi connectivity index (χ1n) is 21.2. The zero-order chi connectivity index (χ0) is 40.1. The van der Waals surface area contributed by atoms with E-state index in [9.17, 15) is 0 Å². The van der Waals surface area contributed by atoms with Crippen molar-refractivity contribution in [2.75, 3.05) is 4.90 Å². The highest BCUT2D eigenvalue weighted by atomic mass is 15.1. The maximum absolute atomic E-state index is 2.50. The van der Waals surface area contributed by atoms with Gasteiger partial charge in [-0.25, -0.2) is 0 Å². The molecule has 0 radical (unpaired) electrons. The zero-order valence-corrected chi connectivity index (χ0v) is 33.3. The van der Waals surface area contributed by atoms with Gasteiger partial charge in [0.2, 0.25) is 0 Å². The molecule has 0 saturated carbocycles. The van der Waals surface area contributed by atoms with Crippen LogP contribution in [-0.2, 0) is 5.41 Å². The third-order valence-corrected chi connectivity index (χ3v) is 13.3. The number of anilines is 3. The van der Waals surface area contributed by atoms with E-state index in [4.69, 9.17) is 0 Å². The molecule has 1 heterocycles. The molecule has 1 aromatic heterocycles. The number of nitrogens with zero attached hydrogens (tertiary/aromatic N) is 2. The standard InChI is InChI=1S/C59H38N2/c1-3-18-40(19-4-1)51-36-45(37-52-50-26-12-16-30-57(50)61(58(51)52)42-21-5-2-6-22-42)60(43-32-31-39-17-7-8-20-41(39)35-43)44-33-34-49-48-25-11-15-29-55(48)59(56(49)38-44)53-27-13-9-23-46(53)47-24-10-14-28-54(47)59/h1-38H. The predicted octanol–water partition coefficient (Wildman–Crippen LogP) is 15.4. The van der Waals surface area contributed by atoms with E-state index >= 15 is 0 Å². The lowest BCUT2D eigenvalue weighted by Crippen LogP contribution is -2.26. The fourth-order valence-electron chi connectivity index (χ4n) is 10.9.